The molecule has 0 aliphatic carbocycles. The first kappa shape index (κ1) is 19.2. The van der Waals surface area contributed by atoms with Gasteiger partial charge in [-0.1, -0.05) is 51.1 Å². The van der Waals surface area contributed by atoms with Gasteiger partial charge < -0.3 is 10.2 Å². The number of anilines is 2. The molecule has 27 heavy (non-hydrogen) atoms. The van der Waals surface area contributed by atoms with E-state index in [2.05, 4.69) is 32.2 Å². The van der Waals surface area contributed by atoms with Crippen molar-refractivity contribution in [1.82, 2.24) is 0 Å². The third kappa shape index (κ3) is 4.21. The van der Waals surface area contributed by atoms with E-state index in [-0.39, 0.29) is 24.2 Å². The molecule has 1 heterocycles. The van der Waals surface area contributed by atoms with Crippen molar-refractivity contribution in [2.24, 2.45) is 5.92 Å². The van der Waals surface area contributed by atoms with Crippen LogP contribution in [0.15, 0.2) is 48.5 Å². The maximum Gasteiger partial charge on any atom is 0.229 e. The Bertz CT molecular complexity index is 813. The second-order valence-electron chi connectivity index (χ2n) is 7.31. The summed E-state index contributed by atoms with van der Waals surface area (Å²) in [5.74, 6) is -0.0185. The number of hydrogen-bond acceptors (Lipinski definition) is 2. The van der Waals surface area contributed by atoms with Gasteiger partial charge in [0.2, 0.25) is 11.8 Å². The van der Waals surface area contributed by atoms with E-state index in [0.29, 0.717) is 12.5 Å². The molecule has 2 aromatic rings. The number of hydrogen-bond donors (Lipinski definition) is 1. The quantitative estimate of drug-likeness (QED) is 0.804. The first-order valence-electron chi connectivity index (χ1n) is 9.82. The van der Waals surface area contributed by atoms with Crippen LogP contribution in [0, 0.1) is 5.92 Å². The summed E-state index contributed by atoms with van der Waals surface area (Å²) in [5.41, 5.74) is 4.11. The average molecular weight is 364 g/mol. The normalized spacial score (nSPS) is 17.8. The predicted octanol–water partition coefficient (Wildman–Crippen LogP) is 4.75. The number of rotatable bonds is 6. The number of nitrogens with one attached hydrogen (secondary N) is 1. The Hall–Kier alpha value is -2.62. The minimum atomic E-state index is -0.326. The van der Waals surface area contributed by atoms with Crippen molar-refractivity contribution in [3.8, 4) is 0 Å². The first-order valence-corrected chi connectivity index (χ1v) is 9.82. The molecule has 1 aliphatic heterocycles. The molecular weight excluding hydrogens is 336 g/mol. The third-order valence-electron chi connectivity index (χ3n) is 5.51. The van der Waals surface area contributed by atoms with Crippen LogP contribution in [0.2, 0.25) is 0 Å². The molecule has 2 unspecified atom stereocenters. The van der Waals surface area contributed by atoms with Gasteiger partial charge in [0.1, 0.15) is 0 Å². The van der Waals surface area contributed by atoms with Crippen molar-refractivity contribution >= 4 is 23.2 Å². The van der Waals surface area contributed by atoms with E-state index >= 15 is 0 Å². The van der Waals surface area contributed by atoms with Gasteiger partial charge in [-0.15, -0.1) is 0 Å². The van der Waals surface area contributed by atoms with E-state index in [4.69, 9.17) is 0 Å². The van der Waals surface area contributed by atoms with Crippen LogP contribution in [-0.4, -0.2) is 18.4 Å². The first-order chi connectivity index (χ1) is 13.0. The highest BCUT2D eigenvalue weighted by Crippen LogP contribution is 2.29. The van der Waals surface area contributed by atoms with Crippen LogP contribution >= 0.6 is 0 Å². The summed E-state index contributed by atoms with van der Waals surface area (Å²) in [6.45, 7) is 6.83. The van der Waals surface area contributed by atoms with Gasteiger partial charge in [-0.2, -0.15) is 0 Å². The fraction of sp³-hybridized carbons (Fsp3) is 0.391. The van der Waals surface area contributed by atoms with Gasteiger partial charge in [0, 0.05) is 24.3 Å². The number of benzene rings is 2. The minimum Gasteiger partial charge on any atom is -0.326 e. The van der Waals surface area contributed by atoms with E-state index < -0.39 is 0 Å². The van der Waals surface area contributed by atoms with Crippen LogP contribution < -0.4 is 10.2 Å². The van der Waals surface area contributed by atoms with E-state index in [0.717, 1.165) is 29.8 Å². The molecule has 4 heteroatoms. The monoisotopic (exact) mass is 364 g/mol. The van der Waals surface area contributed by atoms with Crippen molar-refractivity contribution in [1.29, 1.82) is 0 Å². The molecule has 0 spiro atoms. The zero-order valence-electron chi connectivity index (χ0n) is 16.4. The number of para-hydroxylation sites is 1. The Morgan fingerprint density at radius 3 is 2.52 bits per heavy atom. The molecule has 2 aromatic carbocycles. The van der Waals surface area contributed by atoms with E-state index in [1.807, 2.05) is 42.5 Å². The lowest BCUT2D eigenvalue weighted by Gasteiger charge is -2.19. The minimum absolute atomic E-state index is 0.00890. The Morgan fingerprint density at radius 1 is 1.15 bits per heavy atom. The summed E-state index contributed by atoms with van der Waals surface area (Å²) in [7, 11) is 0. The molecule has 0 radical (unpaired) electrons. The van der Waals surface area contributed by atoms with Gasteiger partial charge in [-0.25, -0.2) is 0 Å². The molecule has 0 aromatic heterocycles. The smallest absolute Gasteiger partial charge is 0.229 e. The maximum absolute atomic E-state index is 12.8. The predicted molar refractivity (Wildman–Crippen MR) is 110 cm³/mol. The van der Waals surface area contributed by atoms with Gasteiger partial charge in [-0.3, -0.25) is 9.59 Å². The highest BCUT2D eigenvalue weighted by atomic mass is 16.2. The fourth-order valence-corrected chi connectivity index (χ4v) is 3.54. The van der Waals surface area contributed by atoms with Crippen molar-refractivity contribution in [2.75, 3.05) is 16.8 Å². The number of aryl methyl sites for hydroxylation is 1. The number of carbonyl (C=O) groups is 2. The molecule has 1 N–H and O–H groups in total. The zero-order valence-corrected chi connectivity index (χ0v) is 16.4. The van der Waals surface area contributed by atoms with Crippen molar-refractivity contribution in [3.05, 3.63) is 59.7 Å². The maximum atomic E-state index is 12.8. The molecule has 1 fully saturated rings. The average Bonchev–Trinajstić information content (AvgIpc) is 3.09. The molecule has 0 bridgehead atoms. The highest BCUT2D eigenvalue weighted by molar-refractivity contribution is 6.03. The molecule has 0 saturated carbocycles. The summed E-state index contributed by atoms with van der Waals surface area (Å²) in [6, 6.07) is 15.9. The number of amides is 2. The Balaban J connectivity index is 1.71. The molecular formula is C23H28N2O2. The second kappa shape index (κ2) is 8.38. The molecule has 2 amide bonds. The van der Waals surface area contributed by atoms with Crippen molar-refractivity contribution in [2.45, 2.75) is 46.0 Å². The van der Waals surface area contributed by atoms with Gasteiger partial charge in [0.25, 0.3) is 0 Å². The molecule has 142 valence electrons. The lowest BCUT2D eigenvalue weighted by atomic mass is 9.96. The molecule has 1 saturated heterocycles. The summed E-state index contributed by atoms with van der Waals surface area (Å²) in [5, 5.41) is 3.06. The molecule has 1 aliphatic rings. The van der Waals surface area contributed by atoms with Crippen LogP contribution in [0.3, 0.4) is 0 Å². The number of nitrogens with zero attached hydrogens (tertiary/aromatic N) is 1. The van der Waals surface area contributed by atoms with Crippen LogP contribution in [-0.2, 0) is 16.0 Å². The van der Waals surface area contributed by atoms with Gasteiger partial charge in [-0.05, 0) is 48.1 Å². The van der Waals surface area contributed by atoms with Gasteiger partial charge in [0.15, 0.2) is 0 Å². The lowest BCUT2D eigenvalue weighted by Crippen LogP contribution is -2.28. The highest BCUT2D eigenvalue weighted by Gasteiger charge is 2.35. The Kier molecular flexibility index (Phi) is 5.94. The molecule has 2 atom stereocenters. The standard InChI is InChI=1S/C23H28N2O2/c1-4-16(3)20-8-6-7-9-21(20)24-23(27)18-14-22(26)25(15-18)19-12-10-17(5-2)11-13-19/h6-13,16,18H,4-5,14-15H2,1-3H3,(H,24,27). The van der Waals surface area contributed by atoms with Crippen molar-refractivity contribution in [3.63, 3.8) is 0 Å². The molecule has 4 nitrogen and oxygen atoms in total. The summed E-state index contributed by atoms with van der Waals surface area (Å²) < 4.78 is 0. The Labute approximate surface area is 161 Å². The number of carbonyl (C=O) groups excluding carboxylic acids is 2. The Morgan fingerprint density at radius 2 is 1.85 bits per heavy atom. The van der Waals surface area contributed by atoms with Crippen molar-refractivity contribution < 1.29 is 9.59 Å². The van der Waals surface area contributed by atoms with E-state index in [1.165, 1.54) is 5.56 Å². The summed E-state index contributed by atoms with van der Waals surface area (Å²) in [4.78, 5) is 27.0. The van der Waals surface area contributed by atoms with Crippen LogP contribution in [0.25, 0.3) is 0 Å². The fourth-order valence-electron chi connectivity index (χ4n) is 3.54. The van der Waals surface area contributed by atoms with Crippen LogP contribution in [0.1, 0.15) is 50.7 Å². The van der Waals surface area contributed by atoms with Gasteiger partial charge >= 0.3 is 0 Å². The molecule has 3 rings (SSSR count). The van der Waals surface area contributed by atoms with Crippen LogP contribution in [0.4, 0.5) is 11.4 Å². The topological polar surface area (TPSA) is 49.4 Å². The van der Waals surface area contributed by atoms with Crippen LogP contribution in [0.5, 0.6) is 0 Å². The zero-order chi connectivity index (χ0) is 19.4. The van der Waals surface area contributed by atoms with E-state index in [1.54, 1.807) is 4.90 Å². The summed E-state index contributed by atoms with van der Waals surface area (Å²) >= 11 is 0. The van der Waals surface area contributed by atoms with Gasteiger partial charge in [0.05, 0.1) is 5.92 Å². The third-order valence-corrected chi connectivity index (χ3v) is 5.51. The summed E-state index contributed by atoms with van der Waals surface area (Å²) in [6.07, 6.45) is 2.23. The largest absolute Gasteiger partial charge is 0.326 e. The second-order valence-corrected chi connectivity index (χ2v) is 7.31. The lowest BCUT2D eigenvalue weighted by molar-refractivity contribution is -0.122. The van der Waals surface area contributed by atoms with E-state index in [9.17, 15) is 9.59 Å². The SMILES string of the molecule is CCc1ccc(N2CC(C(=O)Nc3ccccc3C(C)CC)CC2=O)cc1.